The first-order valence-electron chi connectivity index (χ1n) is 5.43. The Balaban J connectivity index is 2.72. The lowest BCUT2D eigenvalue weighted by atomic mass is 10.2. The van der Waals surface area contributed by atoms with Crippen LogP contribution < -0.4 is 15.4 Å². The van der Waals surface area contributed by atoms with Crippen LogP contribution in [-0.4, -0.2) is 27.2 Å². The fraction of sp³-hybridized carbons (Fsp3) is 0.500. The van der Waals surface area contributed by atoms with Crippen molar-refractivity contribution in [1.29, 1.82) is 0 Å². The summed E-state index contributed by atoms with van der Waals surface area (Å²) in [6, 6.07) is 5.64. The van der Waals surface area contributed by atoms with Gasteiger partial charge in [0.25, 0.3) is 0 Å². The Labute approximate surface area is 102 Å². The smallest absolute Gasteiger partial charge is 0.142 e. The monoisotopic (exact) mass is 242 g/mol. The molecular weight excluding hydrogens is 224 g/mol. The van der Waals surface area contributed by atoms with Crippen molar-refractivity contribution in [3.05, 3.63) is 23.2 Å². The third-order valence-corrected chi connectivity index (χ3v) is 2.73. The molecule has 0 saturated heterocycles. The van der Waals surface area contributed by atoms with Gasteiger partial charge in [-0.3, -0.25) is 0 Å². The van der Waals surface area contributed by atoms with Crippen molar-refractivity contribution in [3.63, 3.8) is 0 Å². The number of hydrogen-bond acceptors (Lipinski definition) is 3. The lowest BCUT2D eigenvalue weighted by molar-refractivity contribution is 0.414. The second-order valence-corrected chi connectivity index (χ2v) is 4.17. The maximum absolute atomic E-state index is 5.98. The number of rotatable bonds is 6. The van der Waals surface area contributed by atoms with Crippen LogP contribution in [0.5, 0.6) is 5.75 Å². The lowest BCUT2D eigenvalue weighted by Gasteiger charge is -2.21. The fourth-order valence-electron chi connectivity index (χ4n) is 1.58. The first kappa shape index (κ1) is 13.1. The van der Waals surface area contributed by atoms with E-state index in [9.17, 15) is 0 Å². The van der Waals surface area contributed by atoms with Crippen molar-refractivity contribution in [3.8, 4) is 5.75 Å². The van der Waals surface area contributed by atoms with Crippen LogP contribution in [0.25, 0.3) is 0 Å². The number of nitrogens with two attached hydrogens (primary N) is 1. The van der Waals surface area contributed by atoms with E-state index in [1.807, 2.05) is 25.2 Å². The van der Waals surface area contributed by atoms with Crippen molar-refractivity contribution >= 4 is 17.3 Å². The van der Waals surface area contributed by atoms with Gasteiger partial charge in [0.2, 0.25) is 0 Å². The third kappa shape index (κ3) is 3.58. The molecule has 4 heteroatoms. The van der Waals surface area contributed by atoms with Gasteiger partial charge >= 0.3 is 0 Å². The van der Waals surface area contributed by atoms with Crippen molar-refractivity contribution in [2.75, 3.05) is 32.1 Å². The number of ether oxygens (including phenoxy) is 1. The van der Waals surface area contributed by atoms with E-state index in [1.54, 1.807) is 7.11 Å². The van der Waals surface area contributed by atoms with Crippen LogP contribution in [-0.2, 0) is 0 Å². The molecule has 0 aliphatic carbocycles. The fourth-order valence-corrected chi connectivity index (χ4v) is 1.74. The molecule has 0 amide bonds. The highest BCUT2D eigenvalue weighted by Gasteiger charge is 2.08. The van der Waals surface area contributed by atoms with Crippen LogP contribution in [0.2, 0.25) is 5.02 Å². The van der Waals surface area contributed by atoms with E-state index in [4.69, 9.17) is 22.1 Å². The SMILES string of the molecule is COc1ccc(Cl)cc1N(C)CCCCN. The molecule has 0 fully saturated rings. The van der Waals surface area contributed by atoms with Gasteiger partial charge in [0.15, 0.2) is 0 Å². The molecule has 1 aromatic rings. The Hall–Kier alpha value is -0.930. The molecule has 0 radical (unpaired) electrons. The van der Waals surface area contributed by atoms with Crippen molar-refractivity contribution in [2.45, 2.75) is 12.8 Å². The van der Waals surface area contributed by atoms with E-state index in [0.29, 0.717) is 0 Å². The summed E-state index contributed by atoms with van der Waals surface area (Å²) in [6.07, 6.45) is 2.11. The summed E-state index contributed by atoms with van der Waals surface area (Å²) in [5.74, 6) is 0.847. The van der Waals surface area contributed by atoms with E-state index in [1.165, 1.54) is 0 Å². The number of nitrogens with zero attached hydrogens (tertiary/aromatic N) is 1. The van der Waals surface area contributed by atoms with E-state index < -0.39 is 0 Å². The van der Waals surface area contributed by atoms with Gasteiger partial charge in [-0.2, -0.15) is 0 Å². The molecule has 0 saturated carbocycles. The standard InChI is InChI=1S/C12H19ClN2O/c1-15(8-4-3-7-14)11-9-10(13)5-6-12(11)16-2/h5-6,9H,3-4,7-8,14H2,1-2H3. The minimum absolute atomic E-state index is 0.724. The van der Waals surface area contributed by atoms with Gasteiger partial charge in [-0.1, -0.05) is 11.6 Å². The van der Waals surface area contributed by atoms with E-state index in [0.717, 1.165) is 42.4 Å². The molecule has 0 unspecified atom stereocenters. The van der Waals surface area contributed by atoms with Crippen molar-refractivity contribution in [1.82, 2.24) is 0 Å². The Morgan fingerprint density at radius 2 is 2.12 bits per heavy atom. The van der Waals surface area contributed by atoms with Crippen LogP contribution in [0.15, 0.2) is 18.2 Å². The van der Waals surface area contributed by atoms with E-state index in [-0.39, 0.29) is 0 Å². The predicted molar refractivity (Wildman–Crippen MR) is 69.6 cm³/mol. The zero-order valence-electron chi connectivity index (χ0n) is 9.87. The molecule has 0 aliphatic heterocycles. The summed E-state index contributed by atoms with van der Waals surface area (Å²) in [5, 5.41) is 0.724. The molecule has 1 rings (SSSR count). The molecule has 16 heavy (non-hydrogen) atoms. The van der Waals surface area contributed by atoms with Gasteiger partial charge in [-0.25, -0.2) is 0 Å². The van der Waals surface area contributed by atoms with Crippen molar-refractivity contribution in [2.24, 2.45) is 5.73 Å². The van der Waals surface area contributed by atoms with Crippen LogP contribution in [0.4, 0.5) is 5.69 Å². The second kappa shape index (κ2) is 6.61. The van der Waals surface area contributed by atoms with Gasteiger partial charge < -0.3 is 15.4 Å². The number of methoxy groups -OCH3 is 1. The topological polar surface area (TPSA) is 38.5 Å². The second-order valence-electron chi connectivity index (χ2n) is 3.73. The maximum Gasteiger partial charge on any atom is 0.142 e. The highest BCUT2D eigenvalue weighted by molar-refractivity contribution is 6.30. The van der Waals surface area contributed by atoms with Gasteiger partial charge in [0.1, 0.15) is 5.75 Å². The van der Waals surface area contributed by atoms with Crippen LogP contribution in [0.3, 0.4) is 0 Å². The highest BCUT2D eigenvalue weighted by Crippen LogP contribution is 2.30. The number of halogens is 1. The average Bonchev–Trinajstić information content (AvgIpc) is 2.29. The van der Waals surface area contributed by atoms with E-state index in [2.05, 4.69) is 4.90 Å². The molecule has 0 bridgehead atoms. The summed E-state index contributed by atoms with van der Waals surface area (Å²) in [6.45, 7) is 1.69. The average molecular weight is 243 g/mol. The van der Waals surface area contributed by atoms with Gasteiger partial charge in [-0.15, -0.1) is 0 Å². The number of benzene rings is 1. The van der Waals surface area contributed by atoms with Crippen LogP contribution in [0, 0.1) is 0 Å². The third-order valence-electron chi connectivity index (χ3n) is 2.50. The number of anilines is 1. The van der Waals surface area contributed by atoms with Crippen LogP contribution in [0.1, 0.15) is 12.8 Å². The highest BCUT2D eigenvalue weighted by atomic mass is 35.5. The summed E-state index contributed by atoms with van der Waals surface area (Å²) in [4.78, 5) is 2.14. The Morgan fingerprint density at radius 1 is 1.38 bits per heavy atom. The van der Waals surface area contributed by atoms with Gasteiger partial charge in [0, 0.05) is 18.6 Å². The molecule has 0 heterocycles. The molecule has 0 aromatic heterocycles. The Morgan fingerprint density at radius 3 is 2.75 bits per heavy atom. The minimum Gasteiger partial charge on any atom is -0.495 e. The molecule has 2 N–H and O–H groups in total. The molecule has 1 aromatic carbocycles. The normalized spacial score (nSPS) is 10.2. The molecular formula is C12H19ClN2O. The molecule has 3 nitrogen and oxygen atoms in total. The summed E-state index contributed by atoms with van der Waals surface area (Å²) >= 11 is 5.98. The predicted octanol–water partition coefficient (Wildman–Crippen LogP) is 2.52. The number of unbranched alkanes of at least 4 members (excludes halogenated alkanes) is 1. The molecule has 0 spiro atoms. The molecule has 0 aliphatic rings. The largest absolute Gasteiger partial charge is 0.495 e. The lowest BCUT2D eigenvalue weighted by Crippen LogP contribution is -2.20. The quantitative estimate of drug-likeness (QED) is 0.780. The summed E-state index contributed by atoms with van der Waals surface area (Å²) in [7, 11) is 3.70. The summed E-state index contributed by atoms with van der Waals surface area (Å²) in [5.41, 5.74) is 6.49. The molecule has 90 valence electrons. The maximum atomic E-state index is 5.98. The zero-order chi connectivity index (χ0) is 12.0. The minimum atomic E-state index is 0.724. The molecule has 0 atom stereocenters. The van der Waals surface area contributed by atoms with Gasteiger partial charge in [-0.05, 0) is 37.6 Å². The van der Waals surface area contributed by atoms with Crippen molar-refractivity contribution < 1.29 is 4.74 Å². The Kier molecular flexibility index (Phi) is 5.43. The first-order chi connectivity index (χ1) is 7.69. The number of hydrogen-bond donors (Lipinski definition) is 1. The summed E-state index contributed by atoms with van der Waals surface area (Å²) < 4.78 is 5.30. The van der Waals surface area contributed by atoms with E-state index >= 15 is 0 Å². The zero-order valence-corrected chi connectivity index (χ0v) is 10.6. The first-order valence-corrected chi connectivity index (χ1v) is 5.81. The van der Waals surface area contributed by atoms with Crippen LogP contribution >= 0.6 is 11.6 Å². The Bertz CT molecular complexity index is 331. The van der Waals surface area contributed by atoms with Gasteiger partial charge in [0.05, 0.1) is 12.8 Å².